The normalized spacial score (nSPS) is 9.86. The van der Waals surface area contributed by atoms with Crippen LogP contribution in [0.15, 0.2) is 54.6 Å². The fourth-order valence-corrected chi connectivity index (χ4v) is 1.78. The van der Waals surface area contributed by atoms with Gasteiger partial charge in [0.05, 0.1) is 10.7 Å². The molecular weight excluding hydrogens is 306 g/mol. The first-order chi connectivity index (χ1) is 10.6. The summed E-state index contributed by atoms with van der Waals surface area (Å²) in [6.07, 6.45) is 0. The molecule has 0 atom stereocenters. The largest absolute Gasteiger partial charge is 0.482 e. The Kier molecular flexibility index (Phi) is 5.80. The maximum absolute atomic E-state index is 11.7. The van der Waals surface area contributed by atoms with Crippen molar-refractivity contribution in [1.29, 1.82) is 0 Å². The molecule has 1 N–H and O–H groups in total. The van der Waals surface area contributed by atoms with Gasteiger partial charge in [-0.05, 0) is 24.3 Å². The third-order valence-electron chi connectivity index (χ3n) is 2.61. The average Bonchev–Trinajstić information content (AvgIpc) is 2.54. The van der Waals surface area contributed by atoms with Crippen LogP contribution in [0.1, 0.15) is 0 Å². The first-order valence-electron chi connectivity index (χ1n) is 6.53. The average molecular weight is 320 g/mol. The van der Waals surface area contributed by atoms with Crippen molar-refractivity contribution in [2.75, 3.05) is 18.5 Å². The van der Waals surface area contributed by atoms with E-state index in [0.717, 1.165) is 0 Å². The van der Waals surface area contributed by atoms with E-state index >= 15 is 0 Å². The Morgan fingerprint density at radius 3 is 2.36 bits per heavy atom. The van der Waals surface area contributed by atoms with Crippen molar-refractivity contribution in [3.8, 4) is 5.75 Å². The van der Waals surface area contributed by atoms with E-state index in [1.54, 1.807) is 48.5 Å². The molecule has 1 amide bonds. The predicted molar refractivity (Wildman–Crippen MR) is 83.0 cm³/mol. The number of esters is 1. The van der Waals surface area contributed by atoms with Crippen LogP contribution in [0.2, 0.25) is 5.02 Å². The number of nitrogens with one attached hydrogen (secondary N) is 1. The lowest BCUT2D eigenvalue weighted by molar-refractivity contribution is -0.149. The van der Waals surface area contributed by atoms with Crippen LogP contribution in [0, 0.1) is 0 Å². The van der Waals surface area contributed by atoms with Gasteiger partial charge in [0.1, 0.15) is 5.75 Å². The zero-order valence-electron chi connectivity index (χ0n) is 11.6. The molecule has 0 fully saturated rings. The summed E-state index contributed by atoms with van der Waals surface area (Å²) in [4.78, 5) is 23.1. The van der Waals surface area contributed by atoms with Gasteiger partial charge in [-0.2, -0.15) is 0 Å². The van der Waals surface area contributed by atoms with Crippen LogP contribution >= 0.6 is 11.6 Å². The highest BCUT2D eigenvalue weighted by molar-refractivity contribution is 6.33. The lowest BCUT2D eigenvalue weighted by atomic mass is 10.3. The van der Waals surface area contributed by atoms with Crippen molar-refractivity contribution in [3.63, 3.8) is 0 Å². The molecule has 0 aromatic heterocycles. The summed E-state index contributed by atoms with van der Waals surface area (Å²) in [5.41, 5.74) is 0.464. The van der Waals surface area contributed by atoms with Crippen molar-refractivity contribution in [2.45, 2.75) is 0 Å². The van der Waals surface area contributed by atoms with Gasteiger partial charge in [0.15, 0.2) is 13.2 Å². The predicted octanol–water partition coefficient (Wildman–Crippen LogP) is 2.90. The van der Waals surface area contributed by atoms with E-state index in [1.165, 1.54) is 0 Å². The van der Waals surface area contributed by atoms with Gasteiger partial charge >= 0.3 is 5.97 Å². The molecule has 5 nitrogen and oxygen atoms in total. The third kappa shape index (κ3) is 5.10. The van der Waals surface area contributed by atoms with Crippen molar-refractivity contribution >= 4 is 29.2 Å². The van der Waals surface area contributed by atoms with E-state index in [-0.39, 0.29) is 6.61 Å². The number of anilines is 1. The molecule has 22 heavy (non-hydrogen) atoms. The molecule has 0 spiro atoms. The van der Waals surface area contributed by atoms with Crippen LogP contribution in [0.3, 0.4) is 0 Å². The summed E-state index contributed by atoms with van der Waals surface area (Å²) in [6.45, 7) is -0.661. The SMILES string of the molecule is O=C(COC(=O)COc1ccccc1)Nc1ccccc1Cl. The minimum absolute atomic E-state index is 0.261. The fraction of sp³-hybridized carbons (Fsp3) is 0.125. The second-order valence-electron chi connectivity index (χ2n) is 4.29. The summed E-state index contributed by atoms with van der Waals surface area (Å²) < 4.78 is 10.0. The van der Waals surface area contributed by atoms with Gasteiger partial charge in [-0.3, -0.25) is 4.79 Å². The zero-order chi connectivity index (χ0) is 15.8. The number of ether oxygens (including phenoxy) is 2. The summed E-state index contributed by atoms with van der Waals surface area (Å²) in [5.74, 6) is -0.542. The summed E-state index contributed by atoms with van der Waals surface area (Å²) in [5, 5.41) is 2.96. The topological polar surface area (TPSA) is 64.6 Å². The quantitative estimate of drug-likeness (QED) is 0.831. The van der Waals surface area contributed by atoms with E-state index in [1.807, 2.05) is 6.07 Å². The molecule has 2 aromatic rings. The second kappa shape index (κ2) is 8.05. The van der Waals surface area contributed by atoms with E-state index in [2.05, 4.69) is 5.32 Å². The maximum atomic E-state index is 11.7. The molecule has 2 rings (SSSR count). The number of hydrogen-bond donors (Lipinski definition) is 1. The minimum Gasteiger partial charge on any atom is -0.482 e. The molecule has 2 aromatic carbocycles. The van der Waals surface area contributed by atoms with Crippen molar-refractivity contribution in [2.24, 2.45) is 0 Å². The van der Waals surface area contributed by atoms with Crippen molar-refractivity contribution < 1.29 is 19.1 Å². The summed E-state index contributed by atoms with van der Waals surface area (Å²) >= 11 is 5.91. The summed E-state index contributed by atoms with van der Waals surface area (Å²) in [6, 6.07) is 15.6. The number of para-hydroxylation sites is 2. The third-order valence-corrected chi connectivity index (χ3v) is 2.94. The lowest BCUT2D eigenvalue weighted by Crippen LogP contribution is -2.23. The fourth-order valence-electron chi connectivity index (χ4n) is 1.60. The first-order valence-corrected chi connectivity index (χ1v) is 6.91. The Hall–Kier alpha value is -2.53. The van der Waals surface area contributed by atoms with Crippen LogP contribution in [0.5, 0.6) is 5.75 Å². The Morgan fingerprint density at radius 2 is 1.64 bits per heavy atom. The van der Waals surface area contributed by atoms with E-state index in [9.17, 15) is 9.59 Å². The van der Waals surface area contributed by atoms with Crippen LogP contribution in [-0.4, -0.2) is 25.1 Å². The molecular formula is C16H14ClNO4. The molecule has 0 saturated carbocycles. The van der Waals surface area contributed by atoms with Crippen LogP contribution in [-0.2, 0) is 14.3 Å². The van der Waals surface area contributed by atoms with Gasteiger partial charge in [-0.1, -0.05) is 41.9 Å². The second-order valence-corrected chi connectivity index (χ2v) is 4.70. The highest BCUT2D eigenvalue weighted by atomic mass is 35.5. The van der Waals surface area contributed by atoms with E-state index in [4.69, 9.17) is 21.1 Å². The summed E-state index contributed by atoms with van der Waals surface area (Å²) in [7, 11) is 0. The standard InChI is InChI=1S/C16H14ClNO4/c17-13-8-4-5-9-14(13)18-15(19)10-22-16(20)11-21-12-6-2-1-3-7-12/h1-9H,10-11H2,(H,18,19). The molecule has 0 bridgehead atoms. The molecule has 0 aliphatic rings. The molecule has 6 heteroatoms. The minimum atomic E-state index is -0.627. The molecule has 0 radical (unpaired) electrons. The first kappa shape index (κ1) is 15.9. The van der Waals surface area contributed by atoms with Crippen LogP contribution in [0.4, 0.5) is 5.69 Å². The Balaban J connectivity index is 1.72. The van der Waals surface area contributed by atoms with Gasteiger partial charge in [0.2, 0.25) is 0 Å². The van der Waals surface area contributed by atoms with Gasteiger partial charge in [-0.15, -0.1) is 0 Å². The molecule has 0 aliphatic heterocycles. The monoisotopic (exact) mass is 319 g/mol. The smallest absolute Gasteiger partial charge is 0.344 e. The highest BCUT2D eigenvalue weighted by Crippen LogP contribution is 2.20. The lowest BCUT2D eigenvalue weighted by Gasteiger charge is -2.08. The molecule has 0 aliphatic carbocycles. The van der Waals surface area contributed by atoms with Crippen LogP contribution in [0.25, 0.3) is 0 Å². The zero-order valence-corrected chi connectivity index (χ0v) is 12.4. The Bertz CT molecular complexity index is 646. The Labute approximate surface area is 132 Å². The molecule has 0 unspecified atom stereocenters. The van der Waals surface area contributed by atoms with Gasteiger partial charge in [0.25, 0.3) is 5.91 Å². The van der Waals surface area contributed by atoms with E-state index in [0.29, 0.717) is 16.5 Å². The number of halogens is 1. The number of benzene rings is 2. The number of hydrogen-bond acceptors (Lipinski definition) is 4. The number of carbonyl (C=O) groups excluding carboxylic acids is 2. The van der Waals surface area contributed by atoms with Gasteiger partial charge < -0.3 is 14.8 Å². The molecule has 0 heterocycles. The number of amides is 1. The van der Waals surface area contributed by atoms with Crippen molar-refractivity contribution in [3.05, 3.63) is 59.6 Å². The van der Waals surface area contributed by atoms with Gasteiger partial charge in [0, 0.05) is 0 Å². The van der Waals surface area contributed by atoms with Crippen LogP contribution < -0.4 is 10.1 Å². The maximum Gasteiger partial charge on any atom is 0.344 e. The van der Waals surface area contributed by atoms with E-state index < -0.39 is 18.5 Å². The molecule has 114 valence electrons. The Morgan fingerprint density at radius 1 is 0.955 bits per heavy atom. The highest BCUT2D eigenvalue weighted by Gasteiger charge is 2.10. The molecule has 0 saturated heterocycles. The number of rotatable bonds is 6. The van der Waals surface area contributed by atoms with Crippen molar-refractivity contribution in [1.82, 2.24) is 0 Å². The van der Waals surface area contributed by atoms with Gasteiger partial charge in [-0.25, -0.2) is 4.79 Å². The number of carbonyl (C=O) groups is 2.